The topological polar surface area (TPSA) is 52.8 Å². The Bertz CT molecular complexity index is 806. The lowest BCUT2D eigenvalue weighted by atomic mass is 10.2. The van der Waals surface area contributed by atoms with Crippen molar-refractivity contribution in [3.63, 3.8) is 0 Å². The van der Waals surface area contributed by atoms with Crippen LogP contribution in [-0.2, 0) is 16.0 Å². The van der Waals surface area contributed by atoms with Crippen molar-refractivity contribution >= 4 is 32.5 Å². The largest absolute Gasteiger partial charge is 0.494 e. The van der Waals surface area contributed by atoms with Gasteiger partial charge < -0.3 is 9.47 Å². The van der Waals surface area contributed by atoms with Crippen LogP contribution in [0.4, 0.5) is 0 Å². The number of thiazole rings is 1. The summed E-state index contributed by atoms with van der Waals surface area (Å²) in [5.74, 6) is 0.701. The Kier molecular flexibility index (Phi) is 4.29. The minimum atomic E-state index is -0.176. The van der Waals surface area contributed by atoms with E-state index in [0.29, 0.717) is 26.1 Å². The van der Waals surface area contributed by atoms with Crippen LogP contribution in [0.5, 0.6) is 5.75 Å². The molecule has 0 atom stereocenters. The maximum atomic E-state index is 11.4. The fourth-order valence-corrected chi connectivity index (χ4v) is 3.42. The third kappa shape index (κ3) is 2.92. The molecular formula is C16H18N2O3S. The Hall–Kier alpha value is -2.08. The first-order valence-corrected chi connectivity index (χ1v) is 8.22. The zero-order chi connectivity index (χ0) is 15.5. The maximum Gasteiger partial charge on any atom is 0.306 e. The van der Waals surface area contributed by atoms with Crippen LogP contribution in [0.15, 0.2) is 24.4 Å². The van der Waals surface area contributed by atoms with Crippen molar-refractivity contribution in [2.24, 2.45) is 0 Å². The van der Waals surface area contributed by atoms with Crippen LogP contribution < -0.4 is 4.74 Å². The van der Waals surface area contributed by atoms with Gasteiger partial charge in [-0.25, -0.2) is 4.98 Å². The lowest BCUT2D eigenvalue weighted by Gasteiger charge is -2.01. The molecule has 0 radical (unpaired) electrons. The van der Waals surface area contributed by atoms with Crippen LogP contribution in [0.25, 0.3) is 15.2 Å². The highest BCUT2D eigenvalue weighted by Crippen LogP contribution is 2.29. The van der Waals surface area contributed by atoms with Gasteiger partial charge in [0.25, 0.3) is 0 Å². The average Bonchev–Trinajstić information content (AvgIpc) is 3.02. The third-order valence-electron chi connectivity index (χ3n) is 3.32. The Labute approximate surface area is 132 Å². The van der Waals surface area contributed by atoms with Crippen LogP contribution in [0.3, 0.4) is 0 Å². The second kappa shape index (κ2) is 6.36. The van der Waals surface area contributed by atoms with Gasteiger partial charge in [-0.1, -0.05) is 11.3 Å². The smallest absolute Gasteiger partial charge is 0.306 e. The molecule has 22 heavy (non-hydrogen) atoms. The lowest BCUT2D eigenvalue weighted by Crippen LogP contribution is -2.05. The monoisotopic (exact) mass is 318 g/mol. The number of aromatic nitrogens is 2. The summed E-state index contributed by atoms with van der Waals surface area (Å²) >= 11 is 1.62. The van der Waals surface area contributed by atoms with E-state index in [-0.39, 0.29) is 5.97 Å². The maximum absolute atomic E-state index is 11.4. The number of hydrogen-bond donors (Lipinski definition) is 0. The molecule has 5 nitrogen and oxygen atoms in total. The van der Waals surface area contributed by atoms with Crippen LogP contribution in [0.2, 0.25) is 0 Å². The molecule has 0 N–H and O–H groups in total. The highest BCUT2D eigenvalue weighted by molar-refractivity contribution is 7.23. The van der Waals surface area contributed by atoms with Gasteiger partial charge in [-0.3, -0.25) is 9.20 Å². The van der Waals surface area contributed by atoms with Gasteiger partial charge in [-0.05, 0) is 32.0 Å². The molecule has 6 heteroatoms. The number of carbonyl (C=O) groups is 1. The molecule has 116 valence electrons. The fourth-order valence-electron chi connectivity index (χ4n) is 2.37. The minimum Gasteiger partial charge on any atom is -0.494 e. The number of rotatable bonds is 6. The van der Waals surface area contributed by atoms with E-state index < -0.39 is 0 Å². The van der Waals surface area contributed by atoms with Gasteiger partial charge in [-0.2, -0.15) is 0 Å². The first-order valence-electron chi connectivity index (χ1n) is 7.40. The molecule has 1 aromatic carbocycles. The SMILES string of the molecule is CCOC(=O)CCc1cn2c(n1)sc1cc(OCC)ccc12. The highest BCUT2D eigenvalue weighted by atomic mass is 32.1. The van der Waals surface area contributed by atoms with Gasteiger partial charge in [0.05, 0.1) is 35.5 Å². The molecular weight excluding hydrogens is 300 g/mol. The summed E-state index contributed by atoms with van der Waals surface area (Å²) in [5.41, 5.74) is 2.02. The summed E-state index contributed by atoms with van der Waals surface area (Å²) in [5, 5.41) is 0. The number of esters is 1. The van der Waals surface area contributed by atoms with E-state index >= 15 is 0 Å². The molecule has 0 saturated carbocycles. The van der Waals surface area contributed by atoms with Gasteiger partial charge >= 0.3 is 5.97 Å². The second-order valence-electron chi connectivity index (χ2n) is 4.85. The third-order valence-corrected chi connectivity index (χ3v) is 4.33. The standard InChI is InChI=1S/C16H18N2O3S/c1-3-20-12-6-7-13-14(9-12)22-16-17-11(10-18(13)16)5-8-15(19)21-4-2/h6-7,9-10H,3-5,8H2,1-2H3. The van der Waals surface area contributed by atoms with Gasteiger partial charge in [0, 0.05) is 12.6 Å². The summed E-state index contributed by atoms with van der Waals surface area (Å²) in [6.07, 6.45) is 2.96. The summed E-state index contributed by atoms with van der Waals surface area (Å²) < 4.78 is 13.7. The van der Waals surface area contributed by atoms with Gasteiger partial charge in [-0.15, -0.1) is 0 Å². The first kappa shape index (κ1) is 14.8. The molecule has 2 aromatic heterocycles. The Morgan fingerprint density at radius 3 is 2.95 bits per heavy atom. The quantitative estimate of drug-likeness (QED) is 0.653. The van der Waals surface area contributed by atoms with Crippen molar-refractivity contribution in [2.45, 2.75) is 26.7 Å². The lowest BCUT2D eigenvalue weighted by molar-refractivity contribution is -0.143. The molecule has 0 aliphatic carbocycles. The molecule has 0 aliphatic rings. The molecule has 0 bridgehead atoms. The van der Waals surface area contributed by atoms with Gasteiger partial charge in [0.15, 0.2) is 4.96 Å². The van der Waals surface area contributed by atoms with E-state index in [4.69, 9.17) is 9.47 Å². The number of carbonyl (C=O) groups excluding carboxylic acids is 1. The normalized spacial score (nSPS) is 11.2. The Morgan fingerprint density at radius 2 is 2.18 bits per heavy atom. The van der Waals surface area contributed by atoms with Crippen LogP contribution in [0, 0.1) is 0 Å². The van der Waals surface area contributed by atoms with Crippen molar-refractivity contribution in [1.29, 1.82) is 0 Å². The van der Waals surface area contributed by atoms with Crippen LogP contribution in [0.1, 0.15) is 26.0 Å². The molecule has 0 fully saturated rings. The fraction of sp³-hybridized carbons (Fsp3) is 0.375. The number of benzene rings is 1. The number of hydrogen-bond acceptors (Lipinski definition) is 5. The Balaban J connectivity index is 1.83. The molecule has 2 heterocycles. The van der Waals surface area contributed by atoms with Crippen LogP contribution in [-0.4, -0.2) is 28.6 Å². The van der Waals surface area contributed by atoms with E-state index in [0.717, 1.165) is 26.6 Å². The number of fused-ring (bicyclic) bond motifs is 3. The molecule has 0 saturated heterocycles. The van der Waals surface area contributed by atoms with E-state index in [1.807, 2.05) is 38.2 Å². The molecule has 0 aliphatic heterocycles. The summed E-state index contributed by atoms with van der Waals surface area (Å²) in [4.78, 5) is 16.9. The van der Waals surface area contributed by atoms with Crippen LogP contribution >= 0.6 is 11.3 Å². The molecule has 3 rings (SSSR count). The van der Waals surface area contributed by atoms with E-state index in [1.165, 1.54) is 0 Å². The zero-order valence-corrected chi connectivity index (χ0v) is 13.5. The molecule has 3 aromatic rings. The predicted octanol–water partition coefficient (Wildman–Crippen LogP) is 3.44. The average molecular weight is 318 g/mol. The minimum absolute atomic E-state index is 0.176. The first-order chi connectivity index (χ1) is 10.7. The molecule has 0 unspecified atom stereocenters. The van der Waals surface area contributed by atoms with E-state index in [1.54, 1.807) is 11.3 Å². The van der Waals surface area contributed by atoms with E-state index in [9.17, 15) is 4.79 Å². The number of imidazole rings is 1. The second-order valence-corrected chi connectivity index (χ2v) is 5.86. The Morgan fingerprint density at radius 1 is 1.32 bits per heavy atom. The summed E-state index contributed by atoms with van der Waals surface area (Å²) in [6, 6.07) is 6.05. The molecule has 0 amide bonds. The van der Waals surface area contributed by atoms with Gasteiger partial charge in [0.1, 0.15) is 5.75 Å². The van der Waals surface area contributed by atoms with Crippen molar-refractivity contribution < 1.29 is 14.3 Å². The number of aryl methyl sites for hydroxylation is 1. The summed E-state index contributed by atoms with van der Waals surface area (Å²) in [7, 11) is 0. The zero-order valence-electron chi connectivity index (χ0n) is 12.7. The van der Waals surface area contributed by atoms with E-state index in [2.05, 4.69) is 9.38 Å². The van der Waals surface area contributed by atoms with Crippen molar-refractivity contribution in [1.82, 2.24) is 9.38 Å². The van der Waals surface area contributed by atoms with Gasteiger partial charge in [0.2, 0.25) is 0 Å². The number of nitrogens with zero attached hydrogens (tertiary/aromatic N) is 2. The van der Waals surface area contributed by atoms with Crippen molar-refractivity contribution in [3.8, 4) is 5.75 Å². The molecule has 0 spiro atoms. The highest BCUT2D eigenvalue weighted by Gasteiger charge is 2.11. The summed E-state index contributed by atoms with van der Waals surface area (Å²) in [6.45, 7) is 4.87. The predicted molar refractivity (Wildman–Crippen MR) is 86.7 cm³/mol. The van der Waals surface area contributed by atoms with Crippen molar-refractivity contribution in [3.05, 3.63) is 30.1 Å². The van der Waals surface area contributed by atoms with Crippen molar-refractivity contribution in [2.75, 3.05) is 13.2 Å². The number of ether oxygens (including phenoxy) is 2.